The average molecular weight is 523 g/mol. The van der Waals surface area contributed by atoms with Gasteiger partial charge in [0, 0.05) is 37.8 Å². The normalized spacial score (nSPS) is 16.0. The number of nitrogens with one attached hydrogen (secondary N) is 2. The SMILES string of the molecule is C[C]1CN(CC(=O)Nc2cccc(NS(C)(=O)=O)c2)CCN1C(=O)C[C@H](N)Cc1ccc(F)c(F)c1. The molecule has 1 radical (unpaired) electrons. The molecule has 2 aromatic rings. The molecule has 3 rings (SSSR count). The van der Waals surface area contributed by atoms with Crippen LogP contribution in [-0.2, 0) is 26.0 Å². The largest absolute Gasteiger partial charge is 0.332 e. The first-order valence-electron chi connectivity index (χ1n) is 11.3. The van der Waals surface area contributed by atoms with Crippen LogP contribution in [0.15, 0.2) is 42.5 Å². The first-order valence-corrected chi connectivity index (χ1v) is 13.2. The van der Waals surface area contributed by atoms with Gasteiger partial charge in [0.25, 0.3) is 0 Å². The van der Waals surface area contributed by atoms with Gasteiger partial charge in [-0.3, -0.25) is 19.2 Å². The second-order valence-corrected chi connectivity index (χ2v) is 10.7. The van der Waals surface area contributed by atoms with E-state index in [0.29, 0.717) is 36.6 Å². The van der Waals surface area contributed by atoms with Crippen molar-refractivity contribution in [3.8, 4) is 0 Å². The van der Waals surface area contributed by atoms with Crippen molar-refractivity contribution in [3.05, 3.63) is 65.7 Å². The lowest BCUT2D eigenvalue weighted by atomic mass is 10.0. The molecular weight excluding hydrogens is 492 g/mol. The minimum absolute atomic E-state index is 0.0503. The molecular formula is C24H30F2N5O4S. The number of amides is 2. The van der Waals surface area contributed by atoms with Gasteiger partial charge in [-0.15, -0.1) is 0 Å². The monoisotopic (exact) mass is 522 g/mol. The summed E-state index contributed by atoms with van der Waals surface area (Å²) < 4.78 is 51.7. The topological polar surface area (TPSA) is 125 Å². The highest BCUT2D eigenvalue weighted by Crippen LogP contribution is 2.20. The molecule has 0 aromatic heterocycles. The molecule has 0 aliphatic carbocycles. The Kier molecular flexibility index (Phi) is 8.98. The number of rotatable bonds is 9. The van der Waals surface area contributed by atoms with Crippen LogP contribution in [0.1, 0.15) is 18.9 Å². The number of nitrogens with zero attached hydrogens (tertiary/aromatic N) is 2. The first-order chi connectivity index (χ1) is 16.9. The van der Waals surface area contributed by atoms with E-state index in [1.54, 1.807) is 23.1 Å². The third-order valence-electron chi connectivity index (χ3n) is 5.59. The van der Waals surface area contributed by atoms with E-state index >= 15 is 0 Å². The summed E-state index contributed by atoms with van der Waals surface area (Å²) in [5, 5.41) is 2.75. The predicted molar refractivity (Wildman–Crippen MR) is 133 cm³/mol. The molecule has 1 aliphatic heterocycles. The second kappa shape index (κ2) is 11.8. The van der Waals surface area contributed by atoms with E-state index < -0.39 is 27.7 Å². The van der Waals surface area contributed by atoms with Crippen LogP contribution in [-0.4, -0.2) is 68.5 Å². The van der Waals surface area contributed by atoms with Crippen LogP contribution in [0.4, 0.5) is 20.2 Å². The minimum Gasteiger partial charge on any atom is -0.332 e. The summed E-state index contributed by atoms with van der Waals surface area (Å²) in [4.78, 5) is 28.8. The van der Waals surface area contributed by atoms with E-state index in [1.165, 1.54) is 12.1 Å². The van der Waals surface area contributed by atoms with Crippen LogP contribution in [0.3, 0.4) is 0 Å². The van der Waals surface area contributed by atoms with Gasteiger partial charge in [-0.1, -0.05) is 12.1 Å². The standard InChI is InChI=1S/C24H30F2N5O4S/c1-16-14-30(15-23(32)28-19-4-3-5-20(13-19)29-36(2,34)35)8-9-31(16)24(33)12-18(27)10-17-6-7-21(25)22(26)11-17/h3-7,11,13,18,29H,8-10,12,14-15,27H2,1-2H3,(H,28,32)/t18-/m1/s1. The molecule has 2 aromatic carbocycles. The summed E-state index contributed by atoms with van der Waals surface area (Å²) in [6, 6.07) is 10.2. The maximum absolute atomic E-state index is 13.4. The molecule has 0 spiro atoms. The van der Waals surface area contributed by atoms with E-state index in [4.69, 9.17) is 5.73 Å². The number of nitrogens with two attached hydrogens (primary N) is 1. The van der Waals surface area contributed by atoms with Crippen LogP contribution in [0, 0.1) is 17.7 Å². The summed E-state index contributed by atoms with van der Waals surface area (Å²) in [5.74, 6) is -2.32. The van der Waals surface area contributed by atoms with Gasteiger partial charge in [0.2, 0.25) is 21.8 Å². The third-order valence-corrected chi connectivity index (χ3v) is 6.20. The second-order valence-electron chi connectivity index (χ2n) is 8.91. The lowest BCUT2D eigenvalue weighted by molar-refractivity contribution is -0.132. The molecule has 1 saturated heterocycles. The number of carbonyl (C=O) groups excluding carboxylic acids is 2. The van der Waals surface area contributed by atoms with Gasteiger partial charge in [0.15, 0.2) is 11.6 Å². The van der Waals surface area contributed by atoms with E-state index in [9.17, 15) is 26.8 Å². The van der Waals surface area contributed by atoms with Crippen LogP contribution >= 0.6 is 0 Å². The maximum atomic E-state index is 13.4. The average Bonchev–Trinajstić information content (AvgIpc) is 2.75. The number of piperazine rings is 1. The summed E-state index contributed by atoms with van der Waals surface area (Å²) in [6.07, 6.45) is 1.33. The highest BCUT2D eigenvalue weighted by atomic mass is 32.2. The molecule has 195 valence electrons. The van der Waals surface area contributed by atoms with Crippen LogP contribution < -0.4 is 15.8 Å². The molecule has 4 N–H and O–H groups in total. The van der Waals surface area contributed by atoms with Gasteiger partial charge in [-0.25, -0.2) is 17.2 Å². The first kappa shape index (κ1) is 27.5. The Hall–Kier alpha value is -3.09. The Morgan fingerprint density at radius 2 is 1.81 bits per heavy atom. The van der Waals surface area contributed by atoms with E-state index in [1.807, 2.05) is 11.8 Å². The molecule has 2 amide bonds. The van der Waals surface area contributed by atoms with Crippen molar-refractivity contribution < 1.29 is 26.8 Å². The number of carbonyl (C=O) groups is 2. The Bertz CT molecular complexity index is 1210. The van der Waals surface area contributed by atoms with Gasteiger partial charge in [-0.05, 0) is 49.2 Å². The minimum atomic E-state index is -3.43. The third kappa shape index (κ3) is 8.25. The molecule has 1 heterocycles. The summed E-state index contributed by atoms with van der Waals surface area (Å²) in [6.45, 7) is 3.18. The van der Waals surface area contributed by atoms with Crippen molar-refractivity contribution in [1.82, 2.24) is 9.80 Å². The van der Waals surface area contributed by atoms with Crippen LogP contribution in [0.25, 0.3) is 0 Å². The summed E-state index contributed by atoms with van der Waals surface area (Å²) in [5.41, 5.74) is 7.40. The lowest BCUT2D eigenvalue weighted by Crippen LogP contribution is -2.52. The fraction of sp³-hybridized carbons (Fsp3) is 0.375. The molecule has 9 nitrogen and oxygen atoms in total. The Morgan fingerprint density at radius 3 is 2.47 bits per heavy atom. The van der Waals surface area contributed by atoms with Gasteiger partial charge in [-0.2, -0.15) is 0 Å². The van der Waals surface area contributed by atoms with Crippen molar-refractivity contribution in [3.63, 3.8) is 0 Å². The fourth-order valence-electron chi connectivity index (χ4n) is 4.05. The van der Waals surface area contributed by atoms with Crippen LogP contribution in [0.2, 0.25) is 0 Å². The van der Waals surface area contributed by atoms with Crippen molar-refractivity contribution in [2.24, 2.45) is 5.73 Å². The summed E-state index contributed by atoms with van der Waals surface area (Å²) >= 11 is 0. The number of anilines is 2. The molecule has 0 saturated carbocycles. The molecule has 1 fully saturated rings. The highest BCUT2D eigenvalue weighted by molar-refractivity contribution is 7.92. The van der Waals surface area contributed by atoms with Gasteiger partial charge < -0.3 is 16.0 Å². The molecule has 1 aliphatic rings. The molecule has 0 unspecified atom stereocenters. The molecule has 0 bridgehead atoms. The lowest BCUT2D eigenvalue weighted by Gasteiger charge is -2.39. The smallest absolute Gasteiger partial charge is 0.238 e. The fourth-order valence-corrected chi connectivity index (χ4v) is 4.60. The van der Waals surface area contributed by atoms with Crippen molar-refractivity contribution >= 4 is 33.2 Å². The number of hydrogen-bond acceptors (Lipinski definition) is 6. The number of benzene rings is 2. The van der Waals surface area contributed by atoms with Crippen molar-refractivity contribution in [1.29, 1.82) is 0 Å². The maximum Gasteiger partial charge on any atom is 0.238 e. The van der Waals surface area contributed by atoms with Crippen molar-refractivity contribution in [2.45, 2.75) is 25.8 Å². The molecule has 1 atom stereocenters. The Morgan fingerprint density at radius 1 is 1.08 bits per heavy atom. The zero-order chi connectivity index (χ0) is 26.5. The van der Waals surface area contributed by atoms with Gasteiger partial charge >= 0.3 is 0 Å². The predicted octanol–water partition coefficient (Wildman–Crippen LogP) is 1.93. The number of sulfonamides is 1. The zero-order valence-corrected chi connectivity index (χ0v) is 20.9. The molecule has 36 heavy (non-hydrogen) atoms. The van der Waals surface area contributed by atoms with Crippen molar-refractivity contribution in [2.75, 3.05) is 42.5 Å². The van der Waals surface area contributed by atoms with E-state index in [-0.39, 0.29) is 31.2 Å². The molecule has 12 heteroatoms. The Balaban J connectivity index is 1.47. The Labute approximate surface area is 209 Å². The van der Waals surface area contributed by atoms with E-state index in [2.05, 4.69) is 10.0 Å². The summed E-state index contributed by atoms with van der Waals surface area (Å²) in [7, 11) is -3.43. The van der Waals surface area contributed by atoms with Gasteiger partial charge in [0.1, 0.15) is 0 Å². The number of hydrogen-bond donors (Lipinski definition) is 3. The zero-order valence-electron chi connectivity index (χ0n) is 20.1. The van der Waals surface area contributed by atoms with E-state index in [0.717, 1.165) is 24.4 Å². The quantitative estimate of drug-likeness (QED) is 0.462. The van der Waals surface area contributed by atoms with Crippen LogP contribution in [0.5, 0.6) is 0 Å². The van der Waals surface area contributed by atoms with Gasteiger partial charge in [0.05, 0.1) is 24.5 Å². The number of halogens is 2. The highest BCUT2D eigenvalue weighted by Gasteiger charge is 2.29.